The van der Waals surface area contributed by atoms with Crippen LogP contribution in [0.1, 0.15) is 63.8 Å². The molecule has 0 unspecified atom stereocenters. The van der Waals surface area contributed by atoms with Gasteiger partial charge in [-0.1, -0.05) is 26.8 Å². The number of rotatable bonds is 12. The zero-order valence-electron chi connectivity index (χ0n) is 23.7. The quantitative estimate of drug-likeness (QED) is 0.233. The van der Waals surface area contributed by atoms with Crippen LogP contribution in [0.4, 0.5) is 0 Å². The number of carbonyl (C=O) groups excluding carboxylic acids is 2. The second-order valence-electron chi connectivity index (χ2n) is 9.96. The van der Waals surface area contributed by atoms with Gasteiger partial charge in [0, 0.05) is 25.1 Å². The number of aliphatic hydroxyl groups is 1. The average Bonchev–Trinajstić information content (AvgIpc) is 3.43. The molecular formula is C31H40N2O6. The van der Waals surface area contributed by atoms with Crippen molar-refractivity contribution in [2.75, 3.05) is 39.4 Å². The van der Waals surface area contributed by atoms with Gasteiger partial charge in [0.2, 0.25) is 0 Å². The summed E-state index contributed by atoms with van der Waals surface area (Å²) in [4.78, 5) is 30.7. The predicted molar refractivity (Wildman–Crippen MR) is 150 cm³/mol. The van der Waals surface area contributed by atoms with E-state index in [1.54, 1.807) is 11.0 Å². The summed E-state index contributed by atoms with van der Waals surface area (Å²) < 4.78 is 17.6. The fourth-order valence-corrected chi connectivity index (χ4v) is 5.27. The molecule has 0 aromatic heterocycles. The Morgan fingerprint density at radius 2 is 1.82 bits per heavy atom. The maximum absolute atomic E-state index is 13.5. The molecule has 1 saturated heterocycles. The third-order valence-electron chi connectivity index (χ3n) is 7.31. The number of aliphatic hydroxyl groups excluding tert-OH is 1. The van der Waals surface area contributed by atoms with Crippen molar-refractivity contribution in [3.05, 3.63) is 58.7 Å². The van der Waals surface area contributed by atoms with Crippen LogP contribution in [0.25, 0.3) is 5.76 Å². The molecule has 1 N–H and O–H groups in total. The normalized spacial score (nSPS) is 19.9. The van der Waals surface area contributed by atoms with Crippen molar-refractivity contribution < 1.29 is 28.9 Å². The van der Waals surface area contributed by atoms with Crippen LogP contribution in [-0.2, 0) is 16.0 Å². The summed E-state index contributed by atoms with van der Waals surface area (Å²) in [5.74, 6) is 0.439. The Balaban J connectivity index is 1.81. The van der Waals surface area contributed by atoms with Crippen LogP contribution in [0.15, 0.2) is 42.0 Å². The maximum Gasteiger partial charge on any atom is 0.295 e. The summed E-state index contributed by atoms with van der Waals surface area (Å²) in [5, 5.41) is 11.5. The van der Waals surface area contributed by atoms with E-state index in [9.17, 15) is 14.7 Å². The first-order valence-corrected chi connectivity index (χ1v) is 14.0. The monoisotopic (exact) mass is 536 g/mol. The van der Waals surface area contributed by atoms with Crippen LogP contribution >= 0.6 is 0 Å². The molecule has 2 aliphatic heterocycles. The van der Waals surface area contributed by atoms with Gasteiger partial charge < -0.3 is 29.1 Å². The highest BCUT2D eigenvalue weighted by atomic mass is 16.5. The van der Waals surface area contributed by atoms with E-state index in [-0.39, 0.29) is 17.4 Å². The van der Waals surface area contributed by atoms with Crippen LogP contribution < -0.4 is 14.2 Å². The number of fused-ring (bicyclic) bond motifs is 1. The van der Waals surface area contributed by atoms with Crippen LogP contribution in [0.5, 0.6) is 17.2 Å². The molecule has 0 bridgehead atoms. The molecule has 8 heteroatoms. The molecule has 2 aromatic rings. The van der Waals surface area contributed by atoms with E-state index >= 15 is 0 Å². The zero-order valence-corrected chi connectivity index (χ0v) is 23.7. The van der Waals surface area contributed by atoms with E-state index in [0.717, 1.165) is 37.2 Å². The van der Waals surface area contributed by atoms with Crippen LogP contribution in [0, 0.1) is 0 Å². The number of likely N-dealkylation sites (N-methyl/N-ethyl adjacent to an activating group) is 1. The molecule has 2 aromatic carbocycles. The molecule has 1 amide bonds. The Bertz CT molecular complexity index is 1240. The molecule has 210 valence electrons. The molecular weight excluding hydrogens is 496 g/mol. The number of hydrogen-bond donors (Lipinski definition) is 1. The summed E-state index contributed by atoms with van der Waals surface area (Å²) in [6, 6.07) is 10.1. The molecule has 4 rings (SSSR count). The number of nitrogens with zero attached hydrogens (tertiary/aromatic N) is 2. The van der Waals surface area contributed by atoms with Gasteiger partial charge in [0.1, 0.15) is 17.6 Å². The van der Waals surface area contributed by atoms with Crippen LogP contribution in [0.2, 0.25) is 0 Å². The smallest absolute Gasteiger partial charge is 0.295 e. The summed E-state index contributed by atoms with van der Waals surface area (Å²) >= 11 is 0. The van der Waals surface area contributed by atoms with Crippen molar-refractivity contribution in [1.82, 2.24) is 9.80 Å². The SMILES string of the molecule is CCCOc1ccc([C@@H]2C(=C(O)c3ccc4c(c3)C[C@H](C)O4)C(=O)C(=O)N2CCN(CC)CC)cc1OCC. The molecule has 0 radical (unpaired) electrons. The lowest BCUT2D eigenvalue weighted by Crippen LogP contribution is -2.38. The Morgan fingerprint density at radius 1 is 1.05 bits per heavy atom. The minimum absolute atomic E-state index is 0.0495. The second-order valence-corrected chi connectivity index (χ2v) is 9.96. The minimum atomic E-state index is -0.761. The van der Waals surface area contributed by atoms with Gasteiger partial charge >= 0.3 is 0 Å². The summed E-state index contributed by atoms with van der Waals surface area (Å²) in [5.41, 5.74) is 2.22. The van der Waals surface area contributed by atoms with Gasteiger partial charge in [0.05, 0.1) is 24.8 Å². The third kappa shape index (κ3) is 5.91. The molecule has 1 fully saturated rings. The lowest BCUT2D eigenvalue weighted by atomic mass is 9.94. The van der Waals surface area contributed by atoms with Gasteiger partial charge in [-0.2, -0.15) is 0 Å². The van der Waals surface area contributed by atoms with Gasteiger partial charge in [-0.25, -0.2) is 0 Å². The Kier molecular flexibility index (Phi) is 9.17. The van der Waals surface area contributed by atoms with Gasteiger partial charge in [-0.05, 0) is 74.8 Å². The molecule has 0 spiro atoms. The highest BCUT2D eigenvalue weighted by Gasteiger charge is 2.46. The van der Waals surface area contributed by atoms with Crippen molar-refractivity contribution in [2.24, 2.45) is 0 Å². The fourth-order valence-electron chi connectivity index (χ4n) is 5.27. The fraction of sp³-hybridized carbons (Fsp3) is 0.484. The van der Waals surface area contributed by atoms with Gasteiger partial charge in [0.25, 0.3) is 11.7 Å². The Hall–Kier alpha value is -3.52. The van der Waals surface area contributed by atoms with E-state index in [1.807, 2.05) is 51.1 Å². The average molecular weight is 537 g/mol. The Labute approximate surface area is 231 Å². The topological polar surface area (TPSA) is 88.5 Å². The van der Waals surface area contributed by atoms with Crippen molar-refractivity contribution in [2.45, 2.75) is 59.6 Å². The second kappa shape index (κ2) is 12.6. The van der Waals surface area contributed by atoms with E-state index in [1.165, 1.54) is 0 Å². The number of ether oxygens (including phenoxy) is 3. The number of hydrogen-bond acceptors (Lipinski definition) is 7. The highest BCUT2D eigenvalue weighted by molar-refractivity contribution is 6.46. The van der Waals surface area contributed by atoms with Crippen molar-refractivity contribution in [3.63, 3.8) is 0 Å². The third-order valence-corrected chi connectivity index (χ3v) is 7.31. The van der Waals surface area contributed by atoms with E-state index in [0.29, 0.717) is 48.9 Å². The molecule has 0 aliphatic carbocycles. The largest absolute Gasteiger partial charge is 0.507 e. The summed E-state index contributed by atoms with van der Waals surface area (Å²) in [6.45, 7) is 13.7. The van der Waals surface area contributed by atoms with Crippen LogP contribution in [-0.4, -0.2) is 72.1 Å². The zero-order chi connectivity index (χ0) is 28.1. The number of likely N-dealkylation sites (tertiary alicyclic amines) is 1. The van der Waals surface area contributed by atoms with E-state index in [2.05, 4.69) is 18.7 Å². The lowest BCUT2D eigenvalue weighted by Gasteiger charge is -2.28. The maximum atomic E-state index is 13.5. The first kappa shape index (κ1) is 28.5. The van der Waals surface area contributed by atoms with E-state index in [4.69, 9.17) is 14.2 Å². The Morgan fingerprint density at radius 3 is 2.51 bits per heavy atom. The molecule has 2 heterocycles. The number of ketones is 1. The number of amides is 1. The summed E-state index contributed by atoms with van der Waals surface area (Å²) in [6.07, 6.45) is 1.62. The van der Waals surface area contributed by atoms with Gasteiger partial charge in [-0.3, -0.25) is 9.59 Å². The van der Waals surface area contributed by atoms with Crippen LogP contribution in [0.3, 0.4) is 0 Å². The summed E-state index contributed by atoms with van der Waals surface area (Å²) in [7, 11) is 0. The molecule has 39 heavy (non-hydrogen) atoms. The van der Waals surface area contributed by atoms with Gasteiger partial charge in [0.15, 0.2) is 11.5 Å². The minimum Gasteiger partial charge on any atom is -0.507 e. The van der Waals surface area contributed by atoms with Gasteiger partial charge in [-0.15, -0.1) is 0 Å². The molecule has 2 aliphatic rings. The first-order chi connectivity index (χ1) is 18.8. The first-order valence-electron chi connectivity index (χ1n) is 14.0. The van der Waals surface area contributed by atoms with Crippen molar-refractivity contribution in [3.8, 4) is 17.2 Å². The number of carbonyl (C=O) groups is 2. The molecule has 2 atom stereocenters. The van der Waals surface area contributed by atoms with Crippen molar-refractivity contribution in [1.29, 1.82) is 0 Å². The highest BCUT2D eigenvalue weighted by Crippen LogP contribution is 2.42. The lowest BCUT2D eigenvalue weighted by molar-refractivity contribution is -0.140. The number of Topliss-reactive ketones (excluding diaryl/α,β-unsaturated/α-hetero) is 1. The van der Waals surface area contributed by atoms with E-state index < -0.39 is 17.7 Å². The number of benzene rings is 2. The van der Waals surface area contributed by atoms with Crippen molar-refractivity contribution >= 4 is 17.4 Å². The predicted octanol–water partition coefficient (Wildman–Crippen LogP) is 4.96. The molecule has 0 saturated carbocycles. The standard InChI is InChI=1S/C31H40N2O6/c1-6-16-38-25-13-10-21(19-26(25)37-9-4)28-27(30(35)31(36)33(28)15-14-32(7-2)8-3)29(34)22-11-12-24-23(18-22)17-20(5)39-24/h10-13,18-20,28,34H,6-9,14-17H2,1-5H3/t20-,28+/m0/s1. The molecule has 8 nitrogen and oxygen atoms in total.